The summed E-state index contributed by atoms with van der Waals surface area (Å²) in [4.78, 5) is 16.2. The quantitative estimate of drug-likeness (QED) is 0.824. The summed E-state index contributed by atoms with van der Waals surface area (Å²) in [5, 5.41) is 3.69. The van der Waals surface area contributed by atoms with Crippen molar-refractivity contribution in [2.75, 3.05) is 5.32 Å². The van der Waals surface area contributed by atoms with Gasteiger partial charge in [0.15, 0.2) is 0 Å². The van der Waals surface area contributed by atoms with Gasteiger partial charge in [-0.25, -0.2) is 4.79 Å². The van der Waals surface area contributed by atoms with Crippen LogP contribution in [0.4, 0.5) is 10.5 Å². The Morgan fingerprint density at radius 3 is 2.60 bits per heavy atom. The molecule has 0 unspecified atom stereocenters. The standard InChI is InChI=1S/C15H17BrN2O2/c1-9-5-6-10-11(17-9)7-8-12(13(10)16)18-14(19)20-15(2,3)4/h5-8H,1-4H3,(H,18,19). The van der Waals surface area contributed by atoms with Gasteiger partial charge >= 0.3 is 6.09 Å². The Kier molecular flexibility index (Phi) is 3.99. The van der Waals surface area contributed by atoms with Gasteiger partial charge in [-0.05, 0) is 67.9 Å². The number of carbonyl (C=O) groups excluding carboxylic acids is 1. The molecule has 0 bridgehead atoms. The number of nitrogens with zero attached hydrogens (tertiary/aromatic N) is 1. The molecule has 1 aromatic carbocycles. The van der Waals surface area contributed by atoms with Gasteiger partial charge in [0.1, 0.15) is 5.60 Å². The highest BCUT2D eigenvalue weighted by Crippen LogP contribution is 2.31. The Morgan fingerprint density at radius 2 is 1.95 bits per heavy atom. The van der Waals surface area contributed by atoms with E-state index in [0.29, 0.717) is 5.69 Å². The first-order valence-corrected chi connectivity index (χ1v) is 7.11. The van der Waals surface area contributed by atoms with Crippen molar-refractivity contribution in [1.82, 2.24) is 4.98 Å². The molecule has 0 atom stereocenters. The SMILES string of the molecule is Cc1ccc2c(Br)c(NC(=O)OC(C)(C)C)ccc2n1. The molecule has 1 aromatic heterocycles. The van der Waals surface area contributed by atoms with E-state index in [4.69, 9.17) is 4.74 Å². The predicted octanol–water partition coefficient (Wildman–Crippen LogP) is 4.65. The van der Waals surface area contributed by atoms with E-state index < -0.39 is 11.7 Å². The van der Waals surface area contributed by atoms with Crippen LogP contribution in [-0.2, 0) is 4.74 Å². The second kappa shape index (κ2) is 5.40. The lowest BCUT2D eigenvalue weighted by molar-refractivity contribution is 0.0636. The van der Waals surface area contributed by atoms with Crippen LogP contribution < -0.4 is 5.32 Å². The van der Waals surface area contributed by atoms with Gasteiger partial charge in [0, 0.05) is 11.1 Å². The molecule has 0 fully saturated rings. The number of fused-ring (bicyclic) bond motifs is 1. The summed E-state index contributed by atoms with van der Waals surface area (Å²) in [6.07, 6.45) is -0.474. The molecule has 0 aliphatic heterocycles. The van der Waals surface area contributed by atoms with Crippen molar-refractivity contribution >= 4 is 38.6 Å². The number of halogens is 1. The lowest BCUT2D eigenvalue weighted by Gasteiger charge is -2.20. The van der Waals surface area contributed by atoms with Crippen LogP contribution in [0.2, 0.25) is 0 Å². The molecule has 1 amide bonds. The van der Waals surface area contributed by atoms with E-state index in [1.165, 1.54) is 0 Å². The molecule has 1 heterocycles. The lowest BCUT2D eigenvalue weighted by atomic mass is 10.2. The van der Waals surface area contributed by atoms with Crippen LogP contribution in [0.1, 0.15) is 26.5 Å². The molecular formula is C15H17BrN2O2. The molecule has 1 N–H and O–H groups in total. The summed E-state index contributed by atoms with van der Waals surface area (Å²) in [5.41, 5.74) is 1.98. The molecule has 106 valence electrons. The average Bonchev–Trinajstić information content (AvgIpc) is 2.30. The highest BCUT2D eigenvalue weighted by Gasteiger charge is 2.17. The number of pyridine rings is 1. The number of amides is 1. The Bertz CT molecular complexity index is 663. The normalized spacial score (nSPS) is 11.4. The molecule has 5 heteroatoms. The van der Waals surface area contributed by atoms with Crippen LogP contribution in [0.3, 0.4) is 0 Å². The fourth-order valence-electron chi connectivity index (χ4n) is 1.78. The summed E-state index contributed by atoms with van der Waals surface area (Å²) in [5.74, 6) is 0. The first-order chi connectivity index (χ1) is 9.26. The summed E-state index contributed by atoms with van der Waals surface area (Å²) in [7, 11) is 0. The minimum absolute atomic E-state index is 0.474. The zero-order valence-electron chi connectivity index (χ0n) is 12.0. The zero-order valence-corrected chi connectivity index (χ0v) is 13.5. The van der Waals surface area contributed by atoms with Crippen LogP contribution in [0.25, 0.3) is 10.9 Å². The number of anilines is 1. The first kappa shape index (κ1) is 14.8. The summed E-state index contributed by atoms with van der Waals surface area (Å²) in [6, 6.07) is 7.59. The van der Waals surface area contributed by atoms with Crippen LogP contribution in [0.15, 0.2) is 28.7 Å². The van der Waals surface area contributed by atoms with Gasteiger partial charge in [-0.3, -0.25) is 10.3 Å². The van der Waals surface area contributed by atoms with Gasteiger partial charge in [0.25, 0.3) is 0 Å². The van der Waals surface area contributed by atoms with Crippen LogP contribution >= 0.6 is 15.9 Å². The fraction of sp³-hybridized carbons (Fsp3) is 0.333. The third-order valence-electron chi connectivity index (χ3n) is 2.58. The van der Waals surface area contributed by atoms with Gasteiger partial charge < -0.3 is 4.74 Å². The van der Waals surface area contributed by atoms with Crippen molar-refractivity contribution in [2.24, 2.45) is 0 Å². The molecule has 0 radical (unpaired) electrons. The number of nitrogens with one attached hydrogen (secondary N) is 1. The van der Waals surface area contributed by atoms with Crippen LogP contribution in [0.5, 0.6) is 0 Å². The van der Waals surface area contributed by atoms with Gasteiger partial charge in [-0.2, -0.15) is 0 Å². The van der Waals surface area contributed by atoms with Gasteiger partial charge in [-0.1, -0.05) is 0 Å². The Balaban J connectivity index is 2.30. The number of hydrogen-bond donors (Lipinski definition) is 1. The predicted molar refractivity (Wildman–Crippen MR) is 84.0 cm³/mol. The molecule has 0 saturated carbocycles. The third kappa shape index (κ3) is 3.48. The third-order valence-corrected chi connectivity index (χ3v) is 3.43. The number of hydrogen-bond acceptors (Lipinski definition) is 3. The van der Waals surface area contributed by atoms with E-state index in [0.717, 1.165) is 21.1 Å². The fourth-order valence-corrected chi connectivity index (χ4v) is 2.35. The van der Waals surface area contributed by atoms with Crippen LogP contribution in [0, 0.1) is 6.92 Å². The largest absolute Gasteiger partial charge is 0.444 e. The molecule has 2 rings (SSSR count). The van der Waals surface area contributed by atoms with Crippen LogP contribution in [-0.4, -0.2) is 16.7 Å². The van der Waals surface area contributed by atoms with Crippen molar-refractivity contribution in [1.29, 1.82) is 0 Å². The highest BCUT2D eigenvalue weighted by molar-refractivity contribution is 9.10. The number of aromatic nitrogens is 1. The van der Waals surface area contributed by atoms with E-state index >= 15 is 0 Å². The smallest absolute Gasteiger partial charge is 0.412 e. The van der Waals surface area contributed by atoms with E-state index in [1.807, 2.05) is 52.0 Å². The summed E-state index contributed by atoms with van der Waals surface area (Å²) < 4.78 is 6.04. The van der Waals surface area contributed by atoms with Gasteiger partial charge in [0.05, 0.1) is 15.7 Å². The molecule has 0 saturated heterocycles. The summed E-state index contributed by atoms with van der Waals surface area (Å²) in [6.45, 7) is 7.43. The van der Waals surface area contributed by atoms with E-state index in [1.54, 1.807) is 0 Å². The molecule has 4 nitrogen and oxygen atoms in total. The number of aryl methyl sites for hydroxylation is 1. The molecule has 0 spiro atoms. The molecule has 0 aliphatic rings. The molecule has 2 aromatic rings. The average molecular weight is 337 g/mol. The van der Waals surface area contributed by atoms with E-state index in [2.05, 4.69) is 26.2 Å². The maximum absolute atomic E-state index is 11.8. The Hall–Kier alpha value is -1.62. The van der Waals surface area contributed by atoms with E-state index in [-0.39, 0.29) is 0 Å². The molecule has 0 aliphatic carbocycles. The monoisotopic (exact) mass is 336 g/mol. The van der Waals surface area contributed by atoms with Crippen molar-refractivity contribution in [3.63, 3.8) is 0 Å². The Labute approximate surface area is 126 Å². The number of ether oxygens (including phenoxy) is 1. The number of rotatable bonds is 1. The van der Waals surface area contributed by atoms with Crippen molar-refractivity contribution < 1.29 is 9.53 Å². The highest BCUT2D eigenvalue weighted by atomic mass is 79.9. The van der Waals surface area contributed by atoms with Crippen molar-refractivity contribution in [3.05, 3.63) is 34.4 Å². The minimum Gasteiger partial charge on any atom is -0.444 e. The lowest BCUT2D eigenvalue weighted by Crippen LogP contribution is -2.27. The minimum atomic E-state index is -0.522. The first-order valence-electron chi connectivity index (χ1n) is 6.32. The maximum Gasteiger partial charge on any atom is 0.412 e. The van der Waals surface area contributed by atoms with Crippen molar-refractivity contribution in [2.45, 2.75) is 33.3 Å². The van der Waals surface area contributed by atoms with Gasteiger partial charge in [-0.15, -0.1) is 0 Å². The molecule has 20 heavy (non-hydrogen) atoms. The Morgan fingerprint density at radius 1 is 1.25 bits per heavy atom. The molecular weight excluding hydrogens is 320 g/mol. The van der Waals surface area contributed by atoms with Gasteiger partial charge in [0.2, 0.25) is 0 Å². The number of benzene rings is 1. The second-order valence-corrected chi connectivity index (χ2v) is 6.37. The second-order valence-electron chi connectivity index (χ2n) is 5.57. The maximum atomic E-state index is 11.8. The van der Waals surface area contributed by atoms with E-state index in [9.17, 15) is 4.79 Å². The zero-order chi connectivity index (χ0) is 14.9. The number of carbonyl (C=O) groups is 1. The topological polar surface area (TPSA) is 51.2 Å². The van der Waals surface area contributed by atoms with Crippen molar-refractivity contribution in [3.8, 4) is 0 Å². The summed E-state index contributed by atoms with van der Waals surface area (Å²) >= 11 is 3.50.